The lowest BCUT2D eigenvalue weighted by molar-refractivity contribution is 0.353. The Kier molecular flexibility index (Phi) is 4.43. The molecule has 94 valence electrons. The van der Waals surface area contributed by atoms with Gasteiger partial charge in [0, 0.05) is 18.2 Å². The second kappa shape index (κ2) is 6.06. The maximum Gasteiger partial charge on any atom is 0.120 e. The molecule has 0 aromatic heterocycles. The van der Waals surface area contributed by atoms with Crippen molar-refractivity contribution in [3.05, 3.63) is 29.8 Å². The number of phenols is 1. The molecule has 0 bridgehead atoms. The van der Waals surface area contributed by atoms with Crippen LogP contribution in [0.4, 0.5) is 0 Å². The first kappa shape index (κ1) is 12.4. The van der Waals surface area contributed by atoms with Crippen LogP contribution in [-0.2, 0) is 6.54 Å². The molecule has 1 aromatic rings. The van der Waals surface area contributed by atoms with Gasteiger partial charge in [0.2, 0.25) is 0 Å². The summed E-state index contributed by atoms with van der Waals surface area (Å²) in [5.41, 5.74) is 1.00. The molecule has 2 N–H and O–H groups in total. The number of hydrogen-bond donors (Lipinski definition) is 2. The van der Waals surface area contributed by atoms with Crippen LogP contribution < -0.4 is 5.32 Å². The molecule has 2 rings (SSSR count). The monoisotopic (exact) mass is 233 g/mol. The topological polar surface area (TPSA) is 32.3 Å². The van der Waals surface area contributed by atoms with Gasteiger partial charge in [-0.25, -0.2) is 0 Å². The van der Waals surface area contributed by atoms with Crippen molar-refractivity contribution in [1.82, 2.24) is 5.32 Å². The molecule has 0 saturated heterocycles. The molecule has 1 aliphatic rings. The Morgan fingerprint density at radius 3 is 2.76 bits per heavy atom. The van der Waals surface area contributed by atoms with E-state index in [9.17, 15) is 5.11 Å². The van der Waals surface area contributed by atoms with Gasteiger partial charge >= 0.3 is 0 Å². The Labute approximate surface area is 104 Å². The summed E-state index contributed by atoms with van der Waals surface area (Å²) in [6, 6.07) is 8.20. The fourth-order valence-electron chi connectivity index (χ4n) is 2.70. The molecule has 0 heterocycles. The quantitative estimate of drug-likeness (QED) is 0.784. The third-order valence-corrected chi connectivity index (χ3v) is 3.91. The van der Waals surface area contributed by atoms with Crippen LogP contribution in [0.15, 0.2) is 24.3 Å². The summed E-state index contributed by atoms with van der Waals surface area (Å²) < 4.78 is 0. The van der Waals surface area contributed by atoms with Gasteiger partial charge in [-0.05, 0) is 24.8 Å². The fraction of sp³-hybridized carbons (Fsp3) is 0.600. The number of benzene rings is 1. The van der Waals surface area contributed by atoms with Crippen molar-refractivity contribution in [2.24, 2.45) is 5.92 Å². The molecule has 1 saturated carbocycles. The molecule has 2 unspecified atom stereocenters. The van der Waals surface area contributed by atoms with Gasteiger partial charge in [0.05, 0.1) is 0 Å². The van der Waals surface area contributed by atoms with E-state index < -0.39 is 0 Å². The Morgan fingerprint density at radius 1 is 1.18 bits per heavy atom. The summed E-state index contributed by atoms with van der Waals surface area (Å²) in [7, 11) is 0. The maximum atomic E-state index is 9.72. The molecule has 1 aliphatic carbocycles. The summed E-state index contributed by atoms with van der Waals surface area (Å²) in [4.78, 5) is 0. The summed E-state index contributed by atoms with van der Waals surface area (Å²) >= 11 is 0. The van der Waals surface area contributed by atoms with Crippen LogP contribution in [0, 0.1) is 5.92 Å². The second-order valence-electron chi connectivity index (χ2n) is 5.23. The van der Waals surface area contributed by atoms with Crippen LogP contribution >= 0.6 is 0 Å². The molecule has 2 heteroatoms. The van der Waals surface area contributed by atoms with Gasteiger partial charge in [0.1, 0.15) is 5.75 Å². The van der Waals surface area contributed by atoms with Gasteiger partial charge in [-0.1, -0.05) is 44.4 Å². The average molecular weight is 233 g/mol. The number of rotatable bonds is 3. The maximum absolute atomic E-state index is 9.72. The predicted molar refractivity (Wildman–Crippen MR) is 71.0 cm³/mol. The first-order valence-corrected chi connectivity index (χ1v) is 6.77. The van der Waals surface area contributed by atoms with E-state index in [-0.39, 0.29) is 0 Å². The van der Waals surface area contributed by atoms with Crippen LogP contribution in [0.5, 0.6) is 5.75 Å². The fourth-order valence-corrected chi connectivity index (χ4v) is 2.70. The average Bonchev–Trinajstić information content (AvgIpc) is 2.53. The highest BCUT2D eigenvalue weighted by molar-refractivity contribution is 5.31. The molecular weight excluding hydrogens is 210 g/mol. The van der Waals surface area contributed by atoms with Gasteiger partial charge < -0.3 is 10.4 Å². The lowest BCUT2D eigenvalue weighted by Crippen LogP contribution is -2.33. The summed E-state index contributed by atoms with van der Waals surface area (Å²) in [5, 5.41) is 13.3. The number of para-hydroxylation sites is 1. The Morgan fingerprint density at radius 2 is 1.94 bits per heavy atom. The Balaban J connectivity index is 1.90. The highest BCUT2D eigenvalue weighted by Gasteiger charge is 2.19. The molecule has 17 heavy (non-hydrogen) atoms. The molecule has 0 amide bonds. The van der Waals surface area contributed by atoms with Crippen molar-refractivity contribution in [2.75, 3.05) is 0 Å². The minimum absolute atomic E-state index is 0.404. The summed E-state index contributed by atoms with van der Waals surface area (Å²) in [6.45, 7) is 3.12. The normalized spacial score (nSPS) is 25.5. The van der Waals surface area contributed by atoms with Gasteiger partial charge in [-0.3, -0.25) is 0 Å². The Hall–Kier alpha value is -1.02. The standard InChI is InChI=1S/C15H23NO/c1-12-7-3-2-4-9-14(12)16-11-13-8-5-6-10-15(13)17/h5-6,8,10,12,14,16-17H,2-4,7,9,11H2,1H3. The first-order chi connectivity index (χ1) is 8.27. The van der Waals surface area contributed by atoms with Gasteiger partial charge in [-0.15, -0.1) is 0 Å². The Bertz CT molecular complexity index is 351. The number of aromatic hydroxyl groups is 1. The van der Waals surface area contributed by atoms with E-state index >= 15 is 0 Å². The van der Waals surface area contributed by atoms with Crippen LogP contribution in [0.25, 0.3) is 0 Å². The van der Waals surface area contributed by atoms with Gasteiger partial charge in [0.25, 0.3) is 0 Å². The largest absolute Gasteiger partial charge is 0.508 e. The molecule has 0 spiro atoms. The number of phenolic OH excluding ortho intramolecular Hbond substituents is 1. The number of nitrogens with one attached hydrogen (secondary N) is 1. The van der Waals surface area contributed by atoms with Crippen LogP contribution in [0.1, 0.15) is 44.6 Å². The second-order valence-corrected chi connectivity index (χ2v) is 5.23. The summed E-state index contributed by atoms with van der Waals surface area (Å²) in [6.07, 6.45) is 6.69. The molecular formula is C15H23NO. The first-order valence-electron chi connectivity index (χ1n) is 6.77. The zero-order valence-electron chi connectivity index (χ0n) is 10.7. The van der Waals surface area contributed by atoms with Crippen LogP contribution in [0.3, 0.4) is 0 Å². The SMILES string of the molecule is CC1CCCCCC1NCc1ccccc1O. The van der Waals surface area contributed by atoms with E-state index in [0.29, 0.717) is 11.8 Å². The van der Waals surface area contributed by atoms with Crippen molar-refractivity contribution in [2.45, 2.75) is 51.6 Å². The zero-order chi connectivity index (χ0) is 12.1. The molecule has 1 aromatic carbocycles. The van der Waals surface area contributed by atoms with Crippen molar-refractivity contribution >= 4 is 0 Å². The number of hydrogen-bond acceptors (Lipinski definition) is 2. The van der Waals surface area contributed by atoms with Gasteiger partial charge in [-0.2, -0.15) is 0 Å². The third kappa shape index (κ3) is 3.47. The van der Waals surface area contributed by atoms with E-state index in [2.05, 4.69) is 12.2 Å². The van der Waals surface area contributed by atoms with E-state index in [1.807, 2.05) is 18.2 Å². The molecule has 1 fully saturated rings. The van der Waals surface area contributed by atoms with E-state index in [4.69, 9.17) is 0 Å². The van der Waals surface area contributed by atoms with E-state index in [1.165, 1.54) is 32.1 Å². The predicted octanol–water partition coefficient (Wildman–Crippen LogP) is 3.45. The minimum Gasteiger partial charge on any atom is -0.508 e. The van der Waals surface area contributed by atoms with Crippen molar-refractivity contribution in [3.63, 3.8) is 0 Å². The smallest absolute Gasteiger partial charge is 0.120 e. The summed E-state index contributed by atoms with van der Waals surface area (Å²) in [5.74, 6) is 1.16. The third-order valence-electron chi connectivity index (χ3n) is 3.91. The minimum atomic E-state index is 0.404. The van der Waals surface area contributed by atoms with Crippen molar-refractivity contribution in [1.29, 1.82) is 0 Å². The highest BCUT2D eigenvalue weighted by Crippen LogP contribution is 2.24. The zero-order valence-corrected chi connectivity index (χ0v) is 10.7. The molecule has 0 radical (unpaired) electrons. The lowest BCUT2D eigenvalue weighted by Gasteiger charge is -2.23. The van der Waals surface area contributed by atoms with Crippen LogP contribution in [-0.4, -0.2) is 11.1 Å². The van der Waals surface area contributed by atoms with Gasteiger partial charge in [0.15, 0.2) is 0 Å². The molecule has 2 atom stereocenters. The van der Waals surface area contributed by atoms with Crippen molar-refractivity contribution in [3.8, 4) is 5.75 Å². The van der Waals surface area contributed by atoms with Crippen LogP contribution in [0.2, 0.25) is 0 Å². The molecule has 2 nitrogen and oxygen atoms in total. The molecule has 0 aliphatic heterocycles. The van der Waals surface area contributed by atoms with E-state index in [1.54, 1.807) is 6.07 Å². The highest BCUT2D eigenvalue weighted by atomic mass is 16.3. The van der Waals surface area contributed by atoms with Crippen molar-refractivity contribution < 1.29 is 5.11 Å². The lowest BCUT2D eigenvalue weighted by atomic mass is 9.97. The van der Waals surface area contributed by atoms with E-state index in [0.717, 1.165) is 18.0 Å².